The van der Waals surface area contributed by atoms with Crippen LogP contribution in [-0.2, 0) is 12.8 Å². The second-order valence-electron chi connectivity index (χ2n) is 14.6. The van der Waals surface area contributed by atoms with E-state index in [0.717, 1.165) is 25.2 Å². The third-order valence-electron chi connectivity index (χ3n) is 9.38. The van der Waals surface area contributed by atoms with Gasteiger partial charge in [0, 0.05) is 5.92 Å². The Bertz CT molecular complexity index is 1330. The summed E-state index contributed by atoms with van der Waals surface area (Å²) >= 11 is 0. The zero-order chi connectivity index (χ0) is 27.4. The summed E-state index contributed by atoms with van der Waals surface area (Å²) in [6.07, 6.45) is 14.2. The van der Waals surface area contributed by atoms with Gasteiger partial charge in [0.05, 0.1) is 0 Å². The number of hydrogen-bond acceptors (Lipinski definition) is 0. The Morgan fingerprint density at radius 1 is 1.03 bits per heavy atom. The van der Waals surface area contributed by atoms with Gasteiger partial charge in [-0.05, 0) is 114 Å². The highest BCUT2D eigenvalue weighted by Gasteiger charge is 2.38. The van der Waals surface area contributed by atoms with Crippen LogP contribution in [0.4, 0.5) is 0 Å². The van der Waals surface area contributed by atoms with E-state index in [1.807, 2.05) is 0 Å². The fraction of sp³-hybridized carbons (Fsp3) is 0.474. The molecule has 1 saturated carbocycles. The standard InChI is InChI=1S/C38H48/c1-24-15-27(4)36(23-38(9)20-25(2)21-38)35(16-24)32-12-10-11-30-17-29(19-34(30)32)18-33-26(3)13-14-31(28(33)5)22-37(6,7)8/h10-17,25,31,33H,3,5,18-23H2,1-2,4,6-9H3. The molecule has 0 spiro atoms. The number of rotatable bonds is 6. The first-order valence-corrected chi connectivity index (χ1v) is 14.8. The fourth-order valence-corrected chi connectivity index (χ4v) is 7.84. The van der Waals surface area contributed by atoms with Gasteiger partial charge in [0.1, 0.15) is 0 Å². The van der Waals surface area contributed by atoms with Gasteiger partial charge in [-0.1, -0.05) is 113 Å². The zero-order valence-electron chi connectivity index (χ0n) is 25.0. The Kier molecular flexibility index (Phi) is 7.00. The Labute approximate surface area is 232 Å². The molecular formula is C38H48. The quantitative estimate of drug-likeness (QED) is 0.343. The molecule has 3 aliphatic rings. The maximum absolute atomic E-state index is 4.61. The fourth-order valence-electron chi connectivity index (χ4n) is 7.84. The first kappa shape index (κ1) is 27.0. The molecule has 0 saturated heterocycles. The summed E-state index contributed by atoms with van der Waals surface area (Å²) in [5, 5.41) is 0. The van der Waals surface area contributed by atoms with Crippen molar-refractivity contribution in [1.82, 2.24) is 0 Å². The molecule has 200 valence electrons. The summed E-state index contributed by atoms with van der Waals surface area (Å²) in [4.78, 5) is 0. The van der Waals surface area contributed by atoms with Crippen LogP contribution in [0.2, 0.25) is 0 Å². The zero-order valence-corrected chi connectivity index (χ0v) is 25.0. The SMILES string of the molecule is C=C1C=CC(CC(C)(C)C)C(=C)C1CC1=Cc2cccc(-c3cc(C)cc(C)c3CC3(C)CC(C)C3)c2C1. The van der Waals surface area contributed by atoms with E-state index < -0.39 is 0 Å². The highest BCUT2D eigenvalue weighted by molar-refractivity contribution is 5.80. The lowest BCUT2D eigenvalue weighted by molar-refractivity contribution is 0.0884. The molecule has 0 radical (unpaired) electrons. The molecule has 3 aliphatic carbocycles. The van der Waals surface area contributed by atoms with Crippen molar-refractivity contribution in [2.75, 3.05) is 0 Å². The van der Waals surface area contributed by atoms with Gasteiger partial charge in [0.2, 0.25) is 0 Å². The Hall–Kier alpha value is -2.60. The van der Waals surface area contributed by atoms with Crippen molar-refractivity contribution in [3.63, 3.8) is 0 Å². The molecule has 0 aliphatic heterocycles. The maximum atomic E-state index is 4.61. The molecule has 0 heterocycles. The van der Waals surface area contributed by atoms with Crippen molar-refractivity contribution in [3.8, 4) is 11.1 Å². The lowest BCUT2D eigenvalue weighted by atomic mass is 9.60. The van der Waals surface area contributed by atoms with E-state index in [1.165, 1.54) is 69.4 Å². The van der Waals surface area contributed by atoms with E-state index in [1.54, 1.807) is 5.56 Å². The van der Waals surface area contributed by atoms with Gasteiger partial charge in [-0.15, -0.1) is 0 Å². The predicted octanol–water partition coefficient (Wildman–Crippen LogP) is 10.6. The molecular weight excluding hydrogens is 456 g/mol. The number of hydrogen-bond donors (Lipinski definition) is 0. The second kappa shape index (κ2) is 9.86. The first-order valence-electron chi connectivity index (χ1n) is 14.8. The summed E-state index contributed by atoms with van der Waals surface area (Å²) in [5.41, 5.74) is 15.0. The van der Waals surface area contributed by atoms with Crippen LogP contribution < -0.4 is 0 Å². The van der Waals surface area contributed by atoms with E-state index in [4.69, 9.17) is 0 Å². The minimum absolute atomic E-state index is 0.289. The molecule has 2 unspecified atom stereocenters. The smallest absolute Gasteiger partial charge is 0.00827 e. The van der Waals surface area contributed by atoms with Gasteiger partial charge in [0.15, 0.2) is 0 Å². The van der Waals surface area contributed by atoms with Crippen LogP contribution in [0.5, 0.6) is 0 Å². The molecule has 38 heavy (non-hydrogen) atoms. The van der Waals surface area contributed by atoms with Crippen LogP contribution in [0.3, 0.4) is 0 Å². The molecule has 0 heteroatoms. The monoisotopic (exact) mass is 504 g/mol. The summed E-state index contributed by atoms with van der Waals surface area (Å²) in [6.45, 7) is 25.5. The van der Waals surface area contributed by atoms with Gasteiger partial charge in [-0.25, -0.2) is 0 Å². The average Bonchev–Trinajstić information content (AvgIpc) is 3.21. The van der Waals surface area contributed by atoms with Crippen LogP contribution in [0.25, 0.3) is 17.2 Å². The van der Waals surface area contributed by atoms with Gasteiger partial charge in [-0.2, -0.15) is 0 Å². The first-order chi connectivity index (χ1) is 17.8. The summed E-state index contributed by atoms with van der Waals surface area (Å²) in [5.74, 6) is 1.65. The van der Waals surface area contributed by atoms with Gasteiger partial charge in [-0.3, -0.25) is 0 Å². The predicted molar refractivity (Wildman–Crippen MR) is 166 cm³/mol. The summed E-state index contributed by atoms with van der Waals surface area (Å²) in [6, 6.07) is 11.8. The Balaban J connectivity index is 1.42. The number of fused-ring (bicyclic) bond motifs is 1. The van der Waals surface area contributed by atoms with Crippen molar-refractivity contribution in [2.45, 2.75) is 87.0 Å². The van der Waals surface area contributed by atoms with Gasteiger partial charge < -0.3 is 0 Å². The van der Waals surface area contributed by atoms with Crippen molar-refractivity contribution in [1.29, 1.82) is 0 Å². The highest BCUT2D eigenvalue weighted by Crippen LogP contribution is 2.50. The van der Waals surface area contributed by atoms with Crippen molar-refractivity contribution < 1.29 is 0 Å². The van der Waals surface area contributed by atoms with Crippen LogP contribution in [0, 0.1) is 42.4 Å². The number of benzene rings is 2. The summed E-state index contributed by atoms with van der Waals surface area (Å²) in [7, 11) is 0. The topological polar surface area (TPSA) is 0 Å². The van der Waals surface area contributed by atoms with E-state index >= 15 is 0 Å². The minimum Gasteiger partial charge on any atom is -0.0986 e. The van der Waals surface area contributed by atoms with Gasteiger partial charge >= 0.3 is 0 Å². The molecule has 2 aromatic rings. The molecule has 0 nitrogen and oxygen atoms in total. The molecule has 5 rings (SSSR count). The normalized spacial score (nSPS) is 26.8. The Morgan fingerprint density at radius 2 is 1.76 bits per heavy atom. The van der Waals surface area contributed by atoms with E-state index in [2.05, 4.69) is 110 Å². The molecule has 2 atom stereocenters. The third-order valence-corrected chi connectivity index (χ3v) is 9.38. The van der Waals surface area contributed by atoms with Crippen molar-refractivity contribution >= 4 is 6.08 Å². The Morgan fingerprint density at radius 3 is 2.45 bits per heavy atom. The molecule has 1 fully saturated rings. The minimum atomic E-state index is 0.289. The third kappa shape index (κ3) is 5.42. The van der Waals surface area contributed by atoms with E-state index in [0.29, 0.717) is 17.3 Å². The van der Waals surface area contributed by atoms with Crippen LogP contribution >= 0.6 is 0 Å². The highest BCUT2D eigenvalue weighted by atomic mass is 14.4. The van der Waals surface area contributed by atoms with E-state index in [-0.39, 0.29) is 5.41 Å². The van der Waals surface area contributed by atoms with E-state index in [9.17, 15) is 0 Å². The summed E-state index contributed by atoms with van der Waals surface area (Å²) < 4.78 is 0. The lowest BCUT2D eigenvalue weighted by Crippen LogP contribution is -2.35. The van der Waals surface area contributed by atoms with Crippen LogP contribution in [-0.4, -0.2) is 0 Å². The second-order valence-corrected chi connectivity index (χ2v) is 14.6. The molecule has 0 bridgehead atoms. The lowest BCUT2D eigenvalue weighted by Gasteiger charge is -2.44. The van der Waals surface area contributed by atoms with Crippen LogP contribution in [0.1, 0.15) is 88.1 Å². The maximum Gasteiger partial charge on any atom is 0.00827 e. The molecule has 0 amide bonds. The van der Waals surface area contributed by atoms with Crippen LogP contribution in [0.15, 0.2) is 72.4 Å². The molecule has 0 aromatic heterocycles. The van der Waals surface area contributed by atoms with Gasteiger partial charge in [0.25, 0.3) is 0 Å². The number of aryl methyl sites for hydroxylation is 2. The molecule has 0 N–H and O–H groups in total. The average molecular weight is 505 g/mol. The largest absolute Gasteiger partial charge is 0.0986 e. The molecule has 2 aromatic carbocycles. The van der Waals surface area contributed by atoms with Crippen molar-refractivity contribution in [3.05, 3.63) is 100 Å². The number of allylic oxidation sites excluding steroid dienone is 5. The van der Waals surface area contributed by atoms with Crippen molar-refractivity contribution in [2.24, 2.45) is 28.6 Å².